The molecular weight excluding hydrogens is 362 g/mol. The maximum Gasteiger partial charge on any atom is 0.226 e. The average Bonchev–Trinajstić information content (AvgIpc) is 3.47. The van der Waals surface area contributed by atoms with Gasteiger partial charge in [0.1, 0.15) is 11.6 Å². The van der Waals surface area contributed by atoms with Gasteiger partial charge in [-0.3, -0.25) is 4.79 Å². The van der Waals surface area contributed by atoms with Crippen LogP contribution in [0.25, 0.3) is 0 Å². The van der Waals surface area contributed by atoms with E-state index in [9.17, 15) is 4.79 Å². The van der Waals surface area contributed by atoms with Crippen LogP contribution in [0.15, 0.2) is 53.4 Å². The Morgan fingerprint density at radius 1 is 1.21 bits per heavy atom. The highest BCUT2D eigenvalue weighted by atomic mass is 16.3. The molecule has 1 aliphatic carbocycles. The number of hydrogen-bond donors (Lipinski definition) is 0. The van der Waals surface area contributed by atoms with Gasteiger partial charge in [-0.1, -0.05) is 36.6 Å². The monoisotopic (exact) mass is 391 g/mol. The summed E-state index contributed by atoms with van der Waals surface area (Å²) in [5.74, 6) is 2.07. The Balaban J connectivity index is 1.55. The molecule has 1 saturated carbocycles. The van der Waals surface area contributed by atoms with Crippen molar-refractivity contribution in [3.8, 4) is 0 Å². The minimum Gasteiger partial charge on any atom is -0.467 e. The van der Waals surface area contributed by atoms with Gasteiger partial charge in [0, 0.05) is 24.9 Å². The second-order valence-corrected chi connectivity index (χ2v) is 8.16. The molecular formula is C24H29N3O2. The Bertz CT molecular complexity index is 952. The van der Waals surface area contributed by atoms with Crippen LogP contribution in [0.3, 0.4) is 0 Å². The lowest BCUT2D eigenvalue weighted by Crippen LogP contribution is -2.35. The number of nitrogens with zero attached hydrogens (tertiary/aromatic N) is 3. The highest BCUT2D eigenvalue weighted by Crippen LogP contribution is 2.28. The summed E-state index contributed by atoms with van der Waals surface area (Å²) in [4.78, 5) is 19.7. The number of carbonyl (C=O) groups is 1. The van der Waals surface area contributed by atoms with Gasteiger partial charge in [0.15, 0.2) is 0 Å². The Labute approximate surface area is 172 Å². The third-order valence-corrected chi connectivity index (χ3v) is 5.92. The van der Waals surface area contributed by atoms with E-state index in [0.717, 1.165) is 43.8 Å². The lowest BCUT2D eigenvalue weighted by molar-refractivity contribution is -0.137. The van der Waals surface area contributed by atoms with Crippen molar-refractivity contribution in [1.29, 1.82) is 0 Å². The number of amides is 1. The highest BCUT2D eigenvalue weighted by Gasteiger charge is 2.28. The van der Waals surface area contributed by atoms with E-state index in [-0.39, 0.29) is 11.8 Å². The SMILES string of the molecule is Cc1ccc(C)c(Cn2ccnc2CN(Cc2ccco2)C(=O)C2CCCC2)c1. The predicted molar refractivity (Wildman–Crippen MR) is 112 cm³/mol. The first-order chi connectivity index (χ1) is 14.1. The summed E-state index contributed by atoms with van der Waals surface area (Å²) in [6.07, 6.45) is 9.76. The Hall–Kier alpha value is -2.82. The fraction of sp³-hybridized carbons (Fsp3) is 0.417. The third-order valence-electron chi connectivity index (χ3n) is 5.92. The Morgan fingerprint density at radius 2 is 2.03 bits per heavy atom. The lowest BCUT2D eigenvalue weighted by Gasteiger charge is -2.25. The maximum atomic E-state index is 13.2. The van der Waals surface area contributed by atoms with Gasteiger partial charge in [0.2, 0.25) is 5.91 Å². The van der Waals surface area contributed by atoms with Gasteiger partial charge in [-0.25, -0.2) is 4.98 Å². The first-order valence-electron chi connectivity index (χ1n) is 10.5. The van der Waals surface area contributed by atoms with Crippen LogP contribution in [-0.4, -0.2) is 20.4 Å². The lowest BCUT2D eigenvalue weighted by atomic mass is 10.1. The third kappa shape index (κ3) is 4.61. The van der Waals surface area contributed by atoms with Gasteiger partial charge in [0.25, 0.3) is 0 Å². The molecule has 2 aromatic heterocycles. The average molecular weight is 392 g/mol. The predicted octanol–water partition coefficient (Wildman–Crippen LogP) is 4.86. The number of imidazole rings is 1. The molecule has 5 heteroatoms. The minimum absolute atomic E-state index is 0.132. The van der Waals surface area contributed by atoms with Crippen molar-refractivity contribution in [3.05, 3.63) is 77.3 Å². The summed E-state index contributed by atoms with van der Waals surface area (Å²) >= 11 is 0. The van der Waals surface area contributed by atoms with Gasteiger partial charge in [0.05, 0.1) is 19.4 Å². The van der Waals surface area contributed by atoms with Gasteiger partial charge in [-0.15, -0.1) is 0 Å². The van der Waals surface area contributed by atoms with E-state index >= 15 is 0 Å². The van der Waals surface area contributed by atoms with E-state index in [2.05, 4.69) is 41.6 Å². The molecule has 0 atom stereocenters. The topological polar surface area (TPSA) is 51.3 Å². The molecule has 0 bridgehead atoms. The fourth-order valence-corrected chi connectivity index (χ4v) is 4.19. The summed E-state index contributed by atoms with van der Waals surface area (Å²) in [6.45, 7) is 5.99. The van der Waals surface area contributed by atoms with Gasteiger partial charge in [-0.2, -0.15) is 0 Å². The van der Waals surface area contributed by atoms with E-state index in [1.54, 1.807) is 6.26 Å². The number of aryl methyl sites for hydroxylation is 2. The van der Waals surface area contributed by atoms with E-state index in [1.807, 2.05) is 29.4 Å². The number of aromatic nitrogens is 2. The molecule has 1 aliphatic rings. The molecule has 4 rings (SSSR count). The zero-order valence-corrected chi connectivity index (χ0v) is 17.3. The largest absolute Gasteiger partial charge is 0.467 e. The summed E-state index contributed by atoms with van der Waals surface area (Å²) in [6, 6.07) is 10.3. The van der Waals surface area contributed by atoms with Crippen molar-refractivity contribution in [2.24, 2.45) is 5.92 Å². The number of hydrogen-bond acceptors (Lipinski definition) is 3. The molecule has 0 spiro atoms. The smallest absolute Gasteiger partial charge is 0.226 e. The Morgan fingerprint density at radius 3 is 2.79 bits per heavy atom. The molecule has 0 radical (unpaired) electrons. The standard InChI is InChI=1S/C24H29N3O2/c1-18-9-10-19(2)21(14-18)15-26-12-11-25-23(26)17-27(16-22-8-5-13-29-22)24(28)20-6-3-4-7-20/h5,8-14,20H,3-4,6-7,15-17H2,1-2H3. The zero-order valence-electron chi connectivity index (χ0n) is 17.3. The number of furan rings is 1. The summed E-state index contributed by atoms with van der Waals surface area (Å²) in [5.41, 5.74) is 3.80. The molecule has 29 heavy (non-hydrogen) atoms. The highest BCUT2D eigenvalue weighted by molar-refractivity contribution is 5.79. The number of benzene rings is 1. The molecule has 2 heterocycles. The van der Waals surface area contributed by atoms with Gasteiger partial charge in [-0.05, 0) is 49.9 Å². The molecule has 1 fully saturated rings. The summed E-state index contributed by atoms with van der Waals surface area (Å²) in [5, 5.41) is 0. The van der Waals surface area contributed by atoms with Crippen LogP contribution in [-0.2, 0) is 24.4 Å². The molecule has 1 amide bonds. The van der Waals surface area contributed by atoms with Crippen LogP contribution in [0.1, 0.15) is 54.0 Å². The zero-order chi connectivity index (χ0) is 20.2. The number of rotatable bonds is 7. The van der Waals surface area contributed by atoms with Crippen LogP contribution in [0.2, 0.25) is 0 Å². The number of carbonyl (C=O) groups excluding carboxylic acids is 1. The normalized spacial score (nSPS) is 14.4. The van der Waals surface area contributed by atoms with Crippen molar-refractivity contribution in [2.75, 3.05) is 0 Å². The minimum atomic E-state index is 0.132. The van der Waals surface area contributed by atoms with Crippen LogP contribution in [0.5, 0.6) is 0 Å². The van der Waals surface area contributed by atoms with E-state index < -0.39 is 0 Å². The second-order valence-electron chi connectivity index (χ2n) is 8.16. The van der Waals surface area contributed by atoms with Crippen molar-refractivity contribution < 1.29 is 9.21 Å². The molecule has 5 nitrogen and oxygen atoms in total. The van der Waals surface area contributed by atoms with Crippen LogP contribution in [0, 0.1) is 19.8 Å². The molecule has 152 valence electrons. The van der Waals surface area contributed by atoms with E-state index in [4.69, 9.17) is 4.42 Å². The van der Waals surface area contributed by atoms with E-state index in [1.165, 1.54) is 16.7 Å². The molecule has 0 N–H and O–H groups in total. The summed E-state index contributed by atoms with van der Waals surface area (Å²) < 4.78 is 7.68. The van der Waals surface area contributed by atoms with Crippen LogP contribution >= 0.6 is 0 Å². The molecule has 0 unspecified atom stereocenters. The Kier molecular flexibility index (Phi) is 5.84. The fourth-order valence-electron chi connectivity index (χ4n) is 4.19. The van der Waals surface area contributed by atoms with Crippen molar-refractivity contribution in [1.82, 2.24) is 14.5 Å². The molecule has 0 saturated heterocycles. The second kappa shape index (κ2) is 8.68. The van der Waals surface area contributed by atoms with Crippen molar-refractivity contribution in [3.63, 3.8) is 0 Å². The summed E-state index contributed by atoms with van der Waals surface area (Å²) in [7, 11) is 0. The molecule has 1 aromatic carbocycles. The first kappa shape index (κ1) is 19.5. The van der Waals surface area contributed by atoms with Crippen molar-refractivity contribution in [2.45, 2.75) is 59.2 Å². The van der Waals surface area contributed by atoms with Crippen LogP contribution < -0.4 is 0 Å². The molecule has 0 aliphatic heterocycles. The maximum absolute atomic E-state index is 13.2. The quantitative estimate of drug-likeness (QED) is 0.578. The van der Waals surface area contributed by atoms with Crippen molar-refractivity contribution >= 4 is 5.91 Å². The van der Waals surface area contributed by atoms with Gasteiger partial charge >= 0.3 is 0 Å². The van der Waals surface area contributed by atoms with Gasteiger partial charge < -0.3 is 13.9 Å². The van der Waals surface area contributed by atoms with E-state index in [0.29, 0.717) is 13.1 Å². The molecule has 3 aromatic rings. The van der Waals surface area contributed by atoms with Crippen LogP contribution in [0.4, 0.5) is 0 Å². The first-order valence-corrected chi connectivity index (χ1v) is 10.5.